The molecule has 1 amide bonds. The molecule has 0 aliphatic rings. The summed E-state index contributed by atoms with van der Waals surface area (Å²) in [5, 5.41) is 22.6. The molecule has 1 rings (SSSR count). The smallest absolute Gasteiger partial charge is 0.234 e. The zero-order valence-corrected chi connectivity index (χ0v) is 9.44. The molecule has 0 radical (unpaired) electrons. The second kappa shape index (κ2) is 7.39. The van der Waals surface area contributed by atoms with Crippen LogP contribution in [0, 0.1) is 11.3 Å². The van der Waals surface area contributed by atoms with E-state index in [4.69, 9.17) is 10.4 Å². The lowest BCUT2D eigenvalue weighted by molar-refractivity contribution is -0.120. The number of nitrogens with one attached hydrogen (secondary N) is 2. The maximum Gasteiger partial charge on any atom is 0.234 e. The molecule has 0 atom stereocenters. The first-order valence-electron chi connectivity index (χ1n) is 5.29. The summed E-state index contributed by atoms with van der Waals surface area (Å²) in [6, 6.07) is 9.32. The summed E-state index contributed by atoms with van der Waals surface area (Å²) in [7, 11) is 0. The zero-order valence-electron chi connectivity index (χ0n) is 9.44. The monoisotopic (exact) mass is 233 g/mol. The summed E-state index contributed by atoms with van der Waals surface area (Å²) in [6.45, 7) is 0.760. The third-order valence-electron chi connectivity index (χ3n) is 2.15. The topological polar surface area (TPSA) is 85.2 Å². The van der Waals surface area contributed by atoms with Crippen molar-refractivity contribution in [3.8, 4) is 6.07 Å². The third-order valence-corrected chi connectivity index (χ3v) is 2.15. The van der Waals surface area contributed by atoms with Crippen molar-refractivity contribution in [2.45, 2.75) is 13.2 Å². The van der Waals surface area contributed by atoms with Gasteiger partial charge in [-0.3, -0.25) is 4.79 Å². The fourth-order valence-electron chi connectivity index (χ4n) is 1.36. The van der Waals surface area contributed by atoms with E-state index in [0.29, 0.717) is 6.54 Å². The van der Waals surface area contributed by atoms with Gasteiger partial charge in [0.25, 0.3) is 0 Å². The quantitative estimate of drug-likeness (QED) is 0.599. The first-order valence-corrected chi connectivity index (χ1v) is 5.29. The van der Waals surface area contributed by atoms with Crippen LogP contribution in [0.25, 0.3) is 0 Å². The number of nitriles is 1. The highest BCUT2D eigenvalue weighted by Crippen LogP contribution is 2.04. The van der Waals surface area contributed by atoms with Crippen molar-refractivity contribution in [2.24, 2.45) is 0 Å². The number of rotatable bonds is 6. The van der Waals surface area contributed by atoms with Gasteiger partial charge in [-0.05, 0) is 11.1 Å². The summed E-state index contributed by atoms with van der Waals surface area (Å²) >= 11 is 0. The van der Waals surface area contributed by atoms with Gasteiger partial charge in [0.05, 0.1) is 19.2 Å². The SMILES string of the molecule is N#CCNC(=O)CNCc1cccc(CO)c1. The molecule has 90 valence electrons. The fourth-order valence-corrected chi connectivity index (χ4v) is 1.36. The molecule has 3 N–H and O–H groups in total. The molecule has 5 heteroatoms. The van der Waals surface area contributed by atoms with Crippen molar-refractivity contribution in [3.05, 3.63) is 35.4 Å². The van der Waals surface area contributed by atoms with Gasteiger partial charge in [-0.25, -0.2) is 0 Å². The van der Waals surface area contributed by atoms with Crippen LogP contribution in [-0.4, -0.2) is 24.1 Å². The zero-order chi connectivity index (χ0) is 12.5. The molecular weight excluding hydrogens is 218 g/mol. The molecule has 0 spiro atoms. The van der Waals surface area contributed by atoms with Crippen LogP contribution in [0.15, 0.2) is 24.3 Å². The van der Waals surface area contributed by atoms with Crippen LogP contribution >= 0.6 is 0 Å². The largest absolute Gasteiger partial charge is 0.392 e. The second-order valence-corrected chi connectivity index (χ2v) is 3.52. The highest BCUT2D eigenvalue weighted by molar-refractivity contribution is 5.78. The second-order valence-electron chi connectivity index (χ2n) is 3.52. The van der Waals surface area contributed by atoms with Gasteiger partial charge in [0.15, 0.2) is 0 Å². The number of carbonyl (C=O) groups is 1. The lowest BCUT2D eigenvalue weighted by Gasteiger charge is -2.05. The minimum Gasteiger partial charge on any atom is -0.392 e. The van der Waals surface area contributed by atoms with E-state index in [-0.39, 0.29) is 25.6 Å². The number of aliphatic hydroxyl groups is 1. The maximum absolute atomic E-state index is 11.2. The van der Waals surface area contributed by atoms with Crippen LogP contribution < -0.4 is 10.6 Å². The normalized spacial score (nSPS) is 9.65. The van der Waals surface area contributed by atoms with E-state index in [9.17, 15) is 4.79 Å². The fraction of sp³-hybridized carbons (Fsp3) is 0.333. The summed E-state index contributed by atoms with van der Waals surface area (Å²) < 4.78 is 0. The molecule has 0 aliphatic carbocycles. The Bertz CT molecular complexity index is 412. The standard InChI is InChI=1S/C12H15N3O2/c13-4-5-15-12(17)8-14-7-10-2-1-3-11(6-10)9-16/h1-3,6,14,16H,5,7-9H2,(H,15,17). The molecule has 5 nitrogen and oxygen atoms in total. The van der Waals surface area contributed by atoms with Gasteiger partial charge < -0.3 is 15.7 Å². The number of hydrogen-bond acceptors (Lipinski definition) is 4. The number of amides is 1. The molecule has 1 aromatic carbocycles. The molecular formula is C12H15N3O2. The van der Waals surface area contributed by atoms with Gasteiger partial charge in [0.2, 0.25) is 5.91 Å². The first-order chi connectivity index (χ1) is 8.26. The summed E-state index contributed by atoms with van der Waals surface area (Å²) in [6.07, 6.45) is 0. The Hall–Kier alpha value is -1.90. The van der Waals surface area contributed by atoms with Gasteiger partial charge in [0.1, 0.15) is 6.54 Å². The molecule has 0 aromatic heterocycles. The van der Waals surface area contributed by atoms with E-state index >= 15 is 0 Å². The Morgan fingerprint density at radius 2 is 2.18 bits per heavy atom. The van der Waals surface area contributed by atoms with Crippen molar-refractivity contribution in [2.75, 3.05) is 13.1 Å². The molecule has 1 aromatic rings. The molecule has 17 heavy (non-hydrogen) atoms. The number of hydrogen-bond donors (Lipinski definition) is 3. The van der Waals surface area contributed by atoms with Crippen molar-refractivity contribution in [1.82, 2.24) is 10.6 Å². The highest BCUT2D eigenvalue weighted by Gasteiger charge is 2.00. The Labute approximate surface area is 100 Å². The minimum absolute atomic E-state index is 0.0104. The van der Waals surface area contributed by atoms with Crippen molar-refractivity contribution in [3.63, 3.8) is 0 Å². The molecule has 0 fully saturated rings. The molecule has 0 bridgehead atoms. The van der Waals surface area contributed by atoms with Crippen LogP contribution in [0.4, 0.5) is 0 Å². The lowest BCUT2D eigenvalue weighted by atomic mass is 10.1. The third kappa shape index (κ3) is 5.11. The Morgan fingerprint density at radius 3 is 2.88 bits per heavy atom. The Kier molecular flexibility index (Phi) is 5.72. The minimum atomic E-state index is -0.204. The van der Waals surface area contributed by atoms with Crippen LogP contribution in [0.2, 0.25) is 0 Å². The van der Waals surface area contributed by atoms with Crippen LogP contribution in [0.5, 0.6) is 0 Å². The number of carbonyl (C=O) groups excluding carboxylic acids is 1. The number of aliphatic hydroxyl groups excluding tert-OH is 1. The van der Waals surface area contributed by atoms with E-state index in [0.717, 1.165) is 11.1 Å². The Balaban J connectivity index is 2.30. The lowest BCUT2D eigenvalue weighted by Crippen LogP contribution is -2.33. The molecule has 0 saturated carbocycles. The van der Waals surface area contributed by atoms with Gasteiger partial charge >= 0.3 is 0 Å². The van der Waals surface area contributed by atoms with Crippen LogP contribution in [0.1, 0.15) is 11.1 Å². The molecule has 0 aliphatic heterocycles. The number of nitrogens with zero attached hydrogens (tertiary/aromatic N) is 1. The summed E-state index contributed by atoms with van der Waals surface area (Å²) in [5.74, 6) is -0.204. The van der Waals surface area contributed by atoms with Crippen LogP contribution in [0.3, 0.4) is 0 Å². The summed E-state index contributed by atoms with van der Waals surface area (Å²) in [5.41, 5.74) is 1.85. The average Bonchev–Trinajstić information content (AvgIpc) is 2.36. The molecule has 0 heterocycles. The number of benzene rings is 1. The van der Waals surface area contributed by atoms with E-state index in [1.54, 1.807) is 0 Å². The maximum atomic E-state index is 11.2. The van der Waals surface area contributed by atoms with E-state index in [2.05, 4.69) is 10.6 Å². The highest BCUT2D eigenvalue weighted by atomic mass is 16.3. The predicted octanol–water partition coefficient (Wildman–Crippen LogP) is -0.0917. The van der Waals surface area contributed by atoms with Crippen molar-refractivity contribution < 1.29 is 9.90 Å². The van der Waals surface area contributed by atoms with E-state index in [1.165, 1.54) is 0 Å². The van der Waals surface area contributed by atoms with Gasteiger partial charge in [-0.2, -0.15) is 5.26 Å². The van der Waals surface area contributed by atoms with E-state index in [1.807, 2.05) is 30.3 Å². The first kappa shape index (κ1) is 13.2. The molecule has 0 unspecified atom stereocenters. The van der Waals surface area contributed by atoms with Crippen molar-refractivity contribution >= 4 is 5.91 Å². The molecule has 0 saturated heterocycles. The van der Waals surface area contributed by atoms with Gasteiger partial charge in [-0.15, -0.1) is 0 Å². The van der Waals surface area contributed by atoms with Crippen molar-refractivity contribution in [1.29, 1.82) is 5.26 Å². The summed E-state index contributed by atoms with van der Waals surface area (Å²) in [4.78, 5) is 11.2. The van der Waals surface area contributed by atoms with Gasteiger partial charge in [-0.1, -0.05) is 24.3 Å². The van der Waals surface area contributed by atoms with Gasteiger partial charge in [0, 0.05) is 6.54 Å². The average molecular weight is 233 g/mol. The Morgan fingerprint density at radius 1 is 1.41 bits per heavy atom. The van der Waals surface area contributed by atoms with E-state index < -0.39 is 0 Å². The predicted molar refractivity (Wildman–Crippen MR) is 62.7 cm³/mol. The van der Waals surface area contributed by atoms with Crippen LogP contribution in [-0.2, 0) is 17.9 Å².